The number of benzene rings is 1. The predicted octanol–water partition coefficient (Wildman–Crippen LogP) is 2.24. The summed E-state index contributed by atoms with van der Waals surface area (Å²) < 4.78 is 0. The highest BCUT2D eigenvalue weighted by Crippen LogP contribution is 2.19. The minimum atomic E-state index is -0.937. The van der Waals surface area contributed by atoms with Crippen LogP contribution in [0, 0.1) is 0 Å². The average Bonchev–Trinajstić information content (AvgIpc) is 2.31. The van der Waals surface area contributed by atoms with E-state index in [2.05, 4.69) is 21.2 Å². The molecule has 0 aliphatic heterocycles. The molecule has 1 aromatic rings. The number of carbonyl (C=O) groups excluding carboxylic acids is 1. The Labute approximate surface area is 118 Å². The molecule has 0 radical (unpaired) electrons. The van der Waals surface area contributed by atoms with Gasteiger partial charge < -0.3 is 10.4 Å². The molecule has 1 rings (SSSR count). The molecule has 0 aliphatic rings. The summed E-state index contributed by atoms with van der Waals surface area (Å²) in [6, 6.07) is 7.28. The summed E-state index contributed by atoms with van der Waals surface area (Å²) in [5.74, 6) is -1.18. The van der Waals surface area contributed by atoms with Gasteiger partial charge >= 0.3 is 5.97 Å². The Hall–Kier alpha value is -1.07. The largest absolute Gasteiger partial charge is 0.481 e. The summed E-state index contributed by atoms with van der Waals surface area (Å²) in [5, 5.41) is 11.6. The van der Waals surface area contributed by atoms with E-state index in [0.29, 0.717) is 11.4 Å². The molecule has 0 heterocycles. The van der Waals surface area contributed by atoms with Gasteiger partial charge in [0.2, 0.25) is 5.91 Å². The zero-order valence-electron chi connectivity index (χ0n) is 9.53. The molecule has 1 amide bonds. The lowest BCUT2D eigenvalue weighted by atomic mass is 10.1. The number of nitrogens with one attached hydrogen (secondary N) is 1. The highest BCUT2D eigenvalue weighted by molar-refractivity contribution is 9.10. The molecule has 4 nitrogen and oxygen atoms in total. The normalized spacial score (nSPS) is 11.9. The van der Waals surface area contributed by atoms with Crippen LogP contribution in [0.25, 0.3) is 0 Å². The summed E-state index contributed by atoms with van der Waals surface area (Å²) in [6.07, 6.45) is 0.371. The van der Waals surface area contributed by atoms with Crippen LogP contribution in [-0.2, 0) is 16.0 Å². The third kappa shape index (κ3) is 5.06. The van der Waals surface area contributed by atoms with Crippen molar-refractivity contribution >= 4 is 39.4 Å². The highest BCUT2D eigenvalue weighted by atomic mass is 79.9. The van der Waals surface area contributed by atoms with E-state index in [1.165, 1.54) is 0 Å². The molecule has 1 aromatic carbocycles. The Kier molecular flexibility index (Phi) is 6.15. The zero-order chi connectivity index (χ0) is 13.5. The SMILES string of the molecule is O=C(O)CCNC(=O)C(Br)Cc1ccccc1Cl. The number of halogens is 2. The third-order valence-corrected chi connectivity index (χ3v) is 3.39. The molecule has 0 aromatic heterocycles. The van der Waals surface area contributed by atoms with E-state index in [1.54, 1.807) is 6.07 Å². The molecule has 0 bridgehead atoms. The lowest BCUT2D eigenvalue weighted by Gasteiger charge is -2.11. The standard InChI is InChI=1S/C12H13BrClNO3/c13-9(12(18)15-6-5-11(16)17)7-8-3-1-2-4-10(8)14/h1-4,9H,5-7H2,(H,15,18)(H,16,17). The van der Waals surface area contributed by atoms with Crippen LogP contribution in [0.1, 0.15) is 12.0 Å². The first kappa shape index (κ1) is 15.0. The fraction of sp³-hybridized carbons (Fsp3) is 0.333. The number of amides is 1. The maximum atomic E-state index is 11.6. The number of aliphatic carboxylic acids is 1. The molecule has 0 aliphatic carbocycles. The van der Waals surface area contributed by atoms with Gasteiger partial charge in [0.05, 0.1) is 11.2 Å². The van der Waals surface area contributed by atoms with Crippen LogP contribution >= 0.6 is 27.5 Å². The highest BCUT2D eigenvalue weighted by Gasteiger charge is 2.16. The minimum Gasteiger partial charge on any atom is -0.481 e. The van der Waals surface area contributed by atoms with E-state index >= 15 is 0 Å². The maximum Gasteiger partial charge on any atom is 0.305 e. The van der Waals surface area contributed by atoms with E-state index in [-0.39, 0.29) is 18.9 Å². The number of carboxylic acids is 1. The topological polar surface area (TPSA) is 66.4 Å². The number of alkyl halides is 1. The predicted molar refractivity (Wildman–Crippen MR) is 73.1 cm³/mol. The molecule has 0 saturated heterocycles. The van der Waals surface area contributed by atoms with Crippen molar-refractivity contribution in [1.29, 1.82) is 0 Å². The number of carboxylic acid groups (broad SMARTS) is 1. The molecule has 0 saturated carbocycles. The maximum absolute atomic E-state index is 11.6. The van der Waals surface area contributed by atoms with Crippen LogP contribution < -0.4 is 5.32 Å². The van der Waals surface area contributed by atoms with Gasteiger partial charge in [-0.2, -0.15) is 0 Å². The van der Waals surface area contributed by atoms with Gasteiger partial charge in [-0.1, -0.05) is 45.7 Å². The average molecular weight is 335 g/mol. The monoisotopic (exact) mass is 333 g/mol. The summed E-state index contributed by atoms with van der Waals surface area (Å²) >= 11 is 9.25. The zero-order valence-corrected chi connectivity index (χ0v) is 11.9. The molecule has 6 heteroatoms. The Balaban J connectivity index is 2.45. The molecule has 2 N–H and O–H groups in total. The van der Waals surface area contributed by atoms with Crippen molar-refractivity contribution in [2.24, 2.45) is 0 Å². The van der Waals surface area contributed by atoms with Crippen LogP contribution in [-0.4, -0.2) is 28.4 Å². The quantitative estimate of drug-likeness (QED) is 0.784. The van der Waals surface area contributed by atoms with E-state index < -0.39 is 10.8 Å². The second-order valence-electron chi connectivity index (χ2n) is 3.70. The molecule has 98 valence electrons. The van der Waals surface area contributed by atoms with Gasteiger partial charge in [-0.25, -0.2) is 0 Å². The first-order valence-corrected chi connectivity index (χ1v) is 6.67. The first-order valence-electron chi connectivity index (χ1n) is 5.37. The second kappa shape index (κ2) is 7.38. The lowest BCUT2D eigenvalue weighted by molar-refractivity contribution is -0.136. The summed E-state index contributed by atoms with van der Waals surface area (Å²) in [7, 11) is 0. The van der Waals surface area contributed by atoms with Gasteiger partial charge in [0.25, 0.3) is 0 Å². The van der Waals surface area contributed by atoms with Gasteiger partial charge in [-0.15, -0.1) is 0 Å². The lowest BCUT2D eigenvalue weighted by Crippen LogP contribution is -2.33. The van der Waals surface area contributed by atoms with E-state index in [1.807, 2.05) is 18.2 Å². The van der Waals surface area contributed by atoms with Crippen molar-refractivity contribution in [3.8, 4) is 0 Å². The first-order chi connectivity index (χ1) is 8.50. The van der Waals surface area contributed by atoms with E-state index in [4.69, 9.17) is 16.7 Å². The molecule has 0 fully saturated rings. The summed E-state index contributed by atoms with van der Waals surface area (Å²) in [6.45, 7) is 0.124. The number of hydrogen-bond acceptors (Lipinski definition) is 2. The van der Waals surface area contributed by atoms with Gasteiger partial charge in [-0.05, 0) is 18.1 Å². The van der Waals surface area contributed by atoms with Gasteiger partial charge in [0.15, 0.2) is 0 Å². The Morgan fingerprint density at radius 2 is 2.06 bits per heavy atom. The number of hydrogen-bond donors (Lipinski definition) is 2. The Morgan fingerprint density at radius 3 is 2.67 bits per heavy atom. The van der Waals surface area contributed by atoms with Crippen molar-refractivity contribution < 1.29 is 14.7 Å². The van der Waals surface area contributed by atoms with Crippen LogP contribution in [0.5, 0.6) is 0 Å². The van der Waals surface area contributed by atoms with Crippen LogP contribution in [0.2, 0.25) is 5.02 Å². The molecule has 1 atom stereocenters. The molecule has 1 unspecified atom stereocenters. The van der Waals surface area contributed by atoms with Crippen molar-refractivity contribution in [2.75, 3.05) is 6.54 Å². The summed E-state index contributed by atoms with van der Waals surface area (Å²) in [5.41, 5.74) is 0.870. The molecular weight excluding hydrogens is 321 g/mol. The van der Waals surface area contributed by atoms with Crippen molar-refractivity contribution in [1.82, 2.24) is 5.32 Å². The third-order valence-electron chi connectivity index (χ3n) is 2.28. The smallest absolute Gasteiger partial charge is 0.305 e. The Bertz CT molecular complexity index is 439. The molecular formula is C12H13BrClNO3. The van der Waals surface area contributed by atoms with E-state index in [9.17, 15) is 9.59 Å². The van der Waals surface area contributed by atoms with Crippen LogP contribution in [0.15, 0.2) is 24.3 Å². The van der Waals surface area contributed by atoms with Crippen molar-refractivity contribution in [3.05, 3.63) is 34.9 Å². The second-order valence-corrected chi connectivity index (χ2v) is 5.21. The van der Waals surface area contributed by atoms with Crippen molar-refractivity contribution in [2.45, 2.75) is 17.7 Å². The van der Waals surface area contributed by atoms with Crippen molar-refractivity contribution in [3.63, 3.8) is 0 Å². The fourth-order valence-electron chi connectivity index (χ4n) is 1.35. The van der Waals surface area contributed by atoms with Crippen LogP contribution in [0.3, 0.4) is 0 Å². The van der Waals surface area contributed by atoms with E-state index in [0.717, 1.165) is 5.56 Å². The minimum absolute atomic E-state index is 0.0858. The van der Waals surface area contributed by atoms with Gasteiger partial charge in [0.1, 0.15) is 0 Å². The van der Waals surface area contributed by atoms with Gasteiger partial charge in [0, 0.05) is 11.6 Å². The van der Waals surface area contributed by atoms with Crippen LogP contribution in [0.4, 0.5) is 0 Å². The fourth-order valence-corrected chi connectivity index (χ4v) is 2.08. The Morgan fingerprint density at radius 1 is 1.39 bits per heavy atom. The van der Waals surface area contributed by atoms with Gasteiger partial charge in [-0.3, -0.25) is 9.59 Å². The number of rotatable bonds is 6. The number of carbonyl (C=O) groups is 2. The molecule has 0 spiro atoms. The molecule has 18 heavy (non-hydrogen) atoms. The summed E-state index contributed by atoms with van der Waals surface area (Å²) in [4.78, 5) is 21.5.